The fraction of sp³-hybridized carbons (Fsp3) is 0.0909. The lowest BCUT2D eigenvalue weighted by molar-refractivity contribution is 0.101. The number of hydrogen-bond donors (Lipinski definition) is 1. The number of aromatic nitrogens is 3. The smallest absolute Gasteiger partial charge is 0.280 e. The van der Waals surface area contributed by atoms with Crippen LogP contribution >= 0.6 is 22.9 Å². The van der Waals surface area contributed by atoms with Gasteiger partial charge in [0.25, 0.3) is 5.91 Å². The number of halogens is 1. The van der Waals surface area contributed by atoms with Crippen LogP contribution in [-0.2, 0) is 0 Å². The number of carbonyl (C=O) groups is 1. The first kappa shape index (κ1) is 20.0. The molecule has 6 nitrogen and oxygen atoms in total. The van der Waals surface area contributed by atoms with E-state index >= 15 is 0 Å². The molecule has 0 unspecified atom stereocenters. The lowest BCUT2D eigenvalue weighted by Gasteiger charge is -2.12. The molecule has 8 heteroatoms. The van der Waals surface area contributed by atoms with Crippen LogP contribution in [0.1, 0.15) is 21.2 Å². The molecule has 0 spiro atoms. The number of benzene rings is 2. The lowest BCUT2D eigenvalue weighted by atomic mass is 10.1. The fourth-order valence-corrected chi connectivity index (χ4v) is 3.85. The predicted octanol–water partition coefficient (Wildman–Crippen LogP) is 4.88. The summed E-state index contributed by atoms with van der Waals surface area (Å²) in [6.07, 6.45) is 0. The highest BCUT2D eigenvalue weighted by Gasteiger charge is 2.17. The largest absolute Gasteiger partial charge is 0.320 e. The van der Waals surface area contributed by atoms with Crippen LogP contribution in [0.2, 0.25) is 5.02 Å². The number of hydrogen-bond acceptors (Lipinski definition) is 5. The van der Waals surface area contributed by atoms with Crippen LogP contribution in [0.4, 0.5) is 5.69 Å². The normalized spacial score (nSPS) is 10.8. The van der Waals surface area contributed by atoms with Crippen LogP contribution in [0.25, 0.3) is 16.9 Å². The Balaban J connectivity index is 1.67. The average molecular weight is 437 g/mol. The minimum absolute atomic E-state index is 0.213. The van der Waals surface area contributed by atoms with Gasteiger partial charge < -0.3 is 5.32 Å². The van der Waals surface area contributed by atoms with Gasteiger partial charge in [0.1, 0.15) is 0 Å². The van der Waals surface area contributed by atoms with Crippen LogP contribution in [-0.4, -0.2) is 20.7 Å². The van der Waals surface area contributed by atoms with Gasteiger partial charge in [-0.1, -0.05) is 35.9 Å². The molecule has 0 bridgehead atoms. The second-order valence-corrected chi connectivity index (χ2v) is 8.12. The number of amides is 1. The molecule has 0 saturated heterocycles. The molecule has 2 heterocycles. The minimum Gasteiger partial charge on any atom is -0.320 e. The SMILES string of the molecule is Cc1nc(-c2cccc(NC(=O)c3nn(-c4ccccc4Cl)c(C)cc3=O)c2)cs1. The monoisotopic (exact) mass is 436 g/mol. The van der Waals surface area contributed by atoms with Gasteiger partial charge in [0, 0.05) is 28.4 Å². The van der Waals surface area contributed by atoms with Crippen LogP contribution in [0.5, 0.6) is 0 Å². The van der Waals surface area contributed by atoms with Crippen LogP contribution in [0.15, 0.2) is 64.8 Å². The van der Waals surface area contributed by atoms with Crippen molar-refractivity contribution >= 4 is 34.5 Å². The van der Waals surface area contributed by atoms with Gasteiger partial charge in [-0.2, -0.15) is 5.10 Å². The highest BCUT2D eigenvalue weighted by molar-refractivity contribution is 7.09. The van der Waals surface area contributed by atoms with E-state index in [1.54, 1.807) is 42.5 Å². The van der Waals surface area contributed by atoms with Gasteiger partial charge in [-0.25, -0.2) is 9.67 Å². The summed E-state index contributed by atoms with van der Waals surface area (Å²) < 4.78 is 1.49. The van der Waals surface area contributed by atoms with Gasteiger partial charge in [-0.3, -0.25) is 9.59 Å². The Morgan fingerprint density at radius 1 is 1.10 bits per heavy atom. The zero-order valence-corrected chi connectivity index (χ0v) is 17.8. The maximum Gasteiger partial charge on any atom is 0.280 e. The fourth-order valence-electron chi connectivity index (χ4n) is 3.01. The number of rotatable bonds is 4. The Hall–Kier alpha value is -3.29. The van der Waals surface area contributed by atoms with Crippen molar-refractivity contribution in [1.82, 2.24) is 14.8 Å². The summed E-state index contributed by atoms with van der Waals surface area (Å²) >= 11 is 7.82. The van der Waals surface area contributed by atoms with E-state index in [4.69, 9.17) is 11.6 Å². The molecule has 0 radical (unpaired) electrons. The van der Waals surface area contributed by atoms with E-state index in [9.17, 15) is 9.59 Å². The van der Waals surface area contributed by atoms with Gasteiger partial charge in [0.05, 0.1) is 21.4 Å². The summed E-state index contributed by atoms with van der Waals surface area (Å²) in [5.74, 6) is -0.590. The zero-order chi connectivity index (χ0) is 21.3. The molecule has 2 aromatic carbocycles. The van der Waals surface area contributed by atoms with E-state index < -0.39 is 11.3 Å². The number of carbonyl (C=O) groups excluding carboxylic acids is 1. The van der Waals surface area contributed by atoms with Crippen molar-refractivity contribution in [3.05, 3.63) is 91.6 Å². The lowest BCUT2D eigenvalue weighted by Crippen LogP contribution is -2.27. The van der Waals surface area contributed by atoms with Crippen molar-refractivity contribution in [3.63, 3.8) is 0 Å². The molecule has 0 aliphatic carbocycles. The molecular weight excluding hydrogens is 420 g/mol. The molecule has 0 saturated carbocycles. The van der Waals surface area contributed by atoms with Crippen molar-refractivity contribution in [2.45, 2.75) is 13.8 Å². The van der Waals surface area contributed by atoms with Crippen molar-refractivity contribution in [1.29, 1.82) is 0 Å². The topological polar surface area (TPSA) is 76.9 Å². The summed E-state index contributed by atoms with van der Waals surface area (Å²) in [4.78, 5) is 29.8. The van der Waals surface area contributed by atoms with Gasteiger partial charge >= 0.3 is 0 Å². The van der Waals surface area contributed by atoms with Crippen LogP contribution in [0, 0.1) is 13.8 Å². The Morgan fingerprint density at radius 3 is 2.63 bits per heavy atom. The first-order chi connectivity index (χ1) is 14.4. The molecule has 0 aliphatic heterocycles. The quantitative estimate of drug-likeness (QED) is 0.494. The maximum absolute atomic E-state index is 12.8. The number of anilines is 1. The van der Waals surface area contributed by atoms with Crippen LogP contribution in [0.3, 0.4) is 0 Å². The molecule has 150 valence electrons. The average Bonchev–Trinajstić information content (AvgIpc) is 3.15. The summed E-state index contributed by atoms with van der Waals surface area (Å²) in [7, 11) is 0. The highest BCUT2D eigenvalue weighted by Crippen LogP contribution is 2.24. The molecule has 0 fully saturated rings. The van der Waals surface area contributed by atoms with Gasteiger partial charge in [-0.15, -0.1) is 11.3 Å². The first-order valence-electron chi connectivity index (χ1n) is 9.12. The Bertz CT molecular complexity index is 1310. The second-order valence-electron chi connectivity index (χ2n) is 6.65. The predicted molar refractivity (Wildman–Crippen MR) is 120 cm³/mol. The van der Waals surface area contributed by atoms with Gasteiger partial charge in [0.2, 0.25) is 5.43 Å². The molecule has 4 rings (SSSR count). The van der Waals surface area contributed by atoms with E-state index in [-0.39, 0.29) is 5.69 Å². The second kappa shape index (κ2) is 8.22. The molecule has 4 aromatic rings. The summed E-state index contributed by atoms with van der Waals surface area (Å²) in [5, 5.41) is 10.4. The first-order valence-corrected chi connectivity index (χ1v) is 10.4. The van der Waals surface area contributed by atoms with E-state index in [1.807, 2.05) is 36.6 Å². The number of nitrogens with one attached hydrogen (secondary N) is 1. The molecule has 30 heavy (non-hydrogen) atoms. The Labute approximate surface area is 181 Å². The Morgan fingerprint density at radius 2 is 1.90 bits per heavy atom. The van der Waals surface area contributed by atoms with Gasteiger partial charge in [0.15, 0.2) is 5.69 Å². The standard InChI is InChI=1S/C22H17ClN4O2S/c1-13-10-20(28)21(26-27(13)19-9-4-3-8-17(19)23)22(29)25-16-7-5-6-15(11-16)18-12-30-14(2)24-18/h3-12H,1-2H3,(H,25,29). The number of thiazole rings is 1. The summed E-state index contributed by atoms with van der Waals surface area (Å²) in [5.41, 5.74) is 2.76. The van der Waals surface area contributed by atoms with E-state index in [1.165, 1.54) is 10.7 Å². The maximum atomic E-state index is 12.8. The van der Waals surface area contributed by atoms with Crippen molar-refractivity contribution < 1.29 is 4.79 Å². The third-order valence-electron chi connectivity index (χ3n) is 4.44. The number of aryl methyl sites for hydroxylation is 2. The third kappa shape index (κ3) is 4.03. The molecule has 1 amide bonds. The van der Waals surface area contributed by atoms with Crippen LogP contribution < -0.4 is 10.7 Å². The summed E-state index contributed by atoms with van der Waals surface area (Å²) in [6, 6.07) is 15.8. The molecule has 0 atom stereocenters. The van der Waals surface area contributed by atoms with E-state index in [0.717, 1.165) is 16.3 Å². The number of para-hydroxylation sites is 1. The Kier molecular flexibility index (Phi) is 5.48. The number of nitrogens with zero attached hydrogens (tertiary/aromatic N) is 3. The zero-order valence-electron chi connectivity index (χ0n) is 16.2. The molecule has 0 aliphatic rings. The molecule has 1 N–H and O–H groups in total. The van der Waals surface area contributed by atoms with Crippen molar-refractivity contribution in [3.8, 4) is 16.9 Å². The minimum atomic E-state index is -0.590. The molecule has 2 aromatic heterocycles. The highest BCUT2D eigenvalue weighted by atomic mass is 35.5. The van der Waals surface area contributed by atoms with Gasteiger partial charge in [-0.05, 0) is 38.1 Å². The molecular formula is C22H17ClN4O2S. The van der Waals surface area contributed by atoms with Crippen molar-refractivity contribution in [2.24, 2.45) is 0 Å². The van der Waals surface area contributed by atoms with E-state index in [2.05, 4.69) is 15.4 Å². The van der Waals surface area contributed by atoms with Crippen molar-refractivity contribution in [2.75, 3.05) is 5.32 Å². The third-order valence-corrected chi connectivity index (χ3v) is 5.53. The summed E-state index contributed by atoms with van der Waals surface area (Å²) in [6.45, 7) is 3.67. The van der Waals surface area contributed by atoms with E-state index in [0.29, 0.717) is 22.1 Å².